The fourth-order valence-corrected chi connectivity index (χ4v) is 4.11. The molecule has 1 aromatic carbocycles. The minimum Gasteiger partial charge on any atom is -0.741 e. The lowest BCUT2D eigenvalue weighted by Crippen LogP contribution is -2.38. The molecule has 14 heteroatoms. The summed E-state index contributed by atoms with van der Waals surface area (Å²) in [6.07, 6.45) is 7.37. The molecule has 0 spiro atoms. The van der Waals surface area contributed by atoms with Crippen molar-refractivity contribution < 1.29 is 39.1 Å². The molecule has 0 N–H and O–H groups in total. The largest absolute Gasteiger partial charge is 0.741 e. The molecule has 8 nitrogen and oxygen atoms in total. The maximum atomic E-state index is 12.5. The summed E-state index contributed by atoms with van der Waals surface area (Å²) < 4.78 is 88.4. The molecule has 2 aromatic rings. The summed E-state index contributed by atoms with van der Waals surface area (Å²) in [5, 5.41) is 0.697. The summed E-state index contributed by atoms with van der Waals surface area (Å²) in [5.74, 6) is 0. The average Bonchev–Trinajstić information content (AvgIpc) is 3.08. The highest BCUT2D eigenvalue weighted by Gasteiger charge is 2.37. The van der Waals surface area contributed by atoms with E-state index in [1.807, 2.05) is 30.3 Å². The number of nitrogens with zero attached hydrogens (tertiary/aromatic N) is 3. The first-order valence-corrected chi connectivity index (χ1v) is 11.4. The van der Waals surface area contributed by atoms with Crippen LogP contribution in [0.15, 0.2) is 49.1 Å². The fourth-order valence-electron chi connectivity index (χ4n) is 2.52. The van der Waals surface area contributed by atoms with E-state index in [1.165, 1.54) is 8.28 Å². The van der Waals surface area contributed by atoms with Crippen molar-refractivity contribution in [3.05, 3.63) is 59.6 Å². The molecular weight excluding hydrogens is 471 g/mol. The summed E-state index contributed by atoms with van der Waals surface area (Å²) in [4.78, 5) is 0. The van der Waals surface area contributed by atoms with Crippen LogP contribution in [0.1, 0.15) is 12.0 Å². The van der Waals surface area contributed by atoms with Crippen LogP contribution < -0.4 is 4.57 Å². The van der Waals surface area contributed by atoms with Gasteiger partial charge >= 0.3 is 15.7 Å². The Bertz CT molecular complexity index is 1140. The fraction of sp³-hybridized carbons (Fsp3) is 0.312. The molecule has 1 aromatic heterocycles. The lowest BCUT2D eigenvalue weighted by molar-refractivity contribution is -0.670. The molecule has 0 bridgehead atoms. The second kappa shape index (κ2) is 9.06. The molecule has 0 saturated heterocycles. The highest BCUT2D eigenvalue weighted by Crippen LogP contribution is 2.29. The number of hydrogen-bond donors (Lipinski definition) is 0. The van der Waals surface area contributed by atoms with E-state index in [0.717, 1.165) is 11.1 Å². The Kier molecular flexibility index (Phi) is 7.35. The van der Waals surface area contributed by atoms with Crippen LogP contribution in [-0.4, -0.2) is 48.3 Å². The quantitative estimate of drug-likeness (QED) is 0.374. The van der Waals surface area contributed by atoms with E-state index in [-0.39, 0.29) is 0 Å². The van der Waals surface area contributed by atoms with Gasteiger partial charge in [-0.25, -0.2) is 13.0 Å². The van der Waals surface area contributed by atoms with Crippen LogP contribution in [0.2, 0.25) is 5.02 Å². The minimum absolute atomic E-state index is 0.352. The molecule has 0 saturated carbocycles. The number of rotatable bonds is 3. The van der Waals surface area contributed by atoms with E-state index < -0.39 is 25.8 Å². The van der Waals surface area contributed by atoms with E-state index in [0.29, 0.717) is 24.5 Å². The van der Waals surface area contributed by atoms with Gasteiger partial charge in [0.1, 0.15) is 12.4 Å². The topological polar surface area (TPSA) is 103 Å². The van der Waals surface area contributed by atoms with E-state index in [4.69, 9.17) is 24.6 Å². The van der Waals surface area contributed by atoms with Gasteiger partial charge in [-0.1, -0.05) is 35.9 Å². The Morgan fingerprint density at radius 3 is 2.20 bits per heavy atom. The SMILES string of the molecule is C[n+]1ccn(S(=O)(=O)N2CC=C(c3ccccc3Cl)CC2)c1.O=S(=O)([O-])C(F)(F)F. The smallest absolute Gasteiger partial charge is 0.485 e. The van der Waals surface area contributed by atoms with E-state index in [2.05, 4.69) is 0 Å². The summed E-state index contributed by atoms with van der Waals surface area (Å²) in [6, 6.07) is 7.63. The molecule has 0 radical (unpaired) electrons. The molecule has 3 rings (SSSR count). The molecule has 1 aliphatic rings. The standard InChI is InChI=1S/C15H17ClN3O2S.CHF3O3S/c1-17-10-11-19(12-17)22(20,21)18-8-6-13(7-9-18)14-4-2-3-5-15(14)16;2-1(3,4)8(5,6)7/h2-6,10-12H,7-9H2,1H3;(H,5,6,7)/q+1;/p-1. The molecule has 30 heavy (non-hydrogen) atoms. The first-order valence-electron chi connectivity index (χ1n) is 8.23. The van der Waals surface area contributed by atoms with Gasteiger partial charge in [0.2, 0.25) is 0 Å². The Hall–Kier alpha value is -1.93. The van der Waals surface area contributed by atoms with Gasteiger partial charge in [-0.05, 0) is 23.6 Å². The number of aryl methyl sites for hydroxylation is 1. The van der Waals surface area contributed by atoms with Crippen LogP contribution in [0.3, 0.4) is 0 Å². The van der Waals surface area contributed by atoms with Gasteiger partial charge in [0.05, 0.1) is 7.05 Å². The minimum atomic E-state index is -6.09. The van der Waals surface area contributed by atoms with Gasteiger partial charge in [-0.15, -0.1) is 3.97 Å². The van der Waals surface area contributed by atoms with E-state index in [1.54, 1.807) is 30.3 Å². The lowest BCUT2D eigenvalue weighted by Gasteiger charge is -2.24. The maximum Gasteiger partial charge on any atom is 0.485 e. The number of hydrogen-bond acceptors (Lipinski definition) is 5. The third-order valence-electron chi connectivity index (χ3n) is 4.01. The van der Waals surface area contributed by atoms with Gasteiger partial charge in [0, 0.05) is 18.1 Å². The second-order valence-electron chi connectivity index (χ2n) is 6.13. The van der Waals surface area contributed by atoms with Gasteiger partial charge in [0.25, 0.3) is 6.33 Å². The zero-order valence-corrected chi connectivity index (χ0v) is 17.8. The van der Waals surface area contributed by atoms with E-state index >= 15 is 0 Å². The van der Waals surface area contributed by atoms with E-state index in [9.17, 15) is 21.6 Å². The van der Waals surface area contributed by atoms with Gasteiger partial charge < -0.3 is 4.55 Å². The third-order valence-corrected chi connectivity index (χ3v) is 6.64. The van der Waals surface area contributed by atoms with Crippen molar-refractivity contribution >= 4 is 37.5 Å². The van der Waals surface area contributed by atoms with Crippen molar-refractivity contribution in [1.29, 1.82) is 0 Å². The van der Waals surface area contributed by atoms with Crippen LogP contribution in [0.5, 0.6) is 0 Å². The first kappa shape index (κ1) is 24.3. The molecule has 1 aliphatic heterocycles. The zero-order chi connectivity index (χ0) is 22.7. The van der Waals surface area contributed by atoms with Crippen LogP contribution in [0.25, 0.3) is 5.57 Å². The van der Waals surface area contributed by atoms with Crippen molar-refractivity contribution in [2.24, 2.45) is 7.05 Å². The Morgan fingerprint density at radius 2 is 1.77 bits per heavy atom. The third kappa shape index (κ3) is 5.82. The second-order valence-corrected chi connectivity index (χ2v) is 9.75. The monoisotopic (exact) mass is 487 g/mol. The number of benzene rings is 1. The molecule has 2 heterocycles. The number of alkyl halides is 3. The van der Waals surface area contributed by atoms with Crippen molar-refractivity contribution in [3.63, 3.8) is 0 Å². The van der Waals surface area contributed by atoms with Crippen LogP contribution >= 0.6 is 11.6 Å². The predicted octanol–water partition coefficient (Wildman–Crippen LogP) is 1.90. The summed E-state index contributed by atoms with van der Waals surface area (Å²) in [6.45, 7) is 0.798. The predicted molar refractivity (Wildman–Crippen MR) is 101 cm³/mol. The lowest BCUT2D eigenvalue weighted by atomic mass is 10.0. The molecule has 0 aliphatic carbocycles. The number of imidazole rings is 1. The molecule has 0 fully saturated rings. The molecule has 0 unspecified atom stereocenters. The first-order chi connectivity index (χ1) is 13.7. The normalized spacial score (nSPS) is 15.9. The average molecular weight is 488 g/mol. The summed E-state index contributed by atoms with van der Waals surface area (Å²) in [5.41, 5.74) is -3.57. The number of halogens is 4. The van der Waals surface area contributed by atoms with Gasteiger partial charge in [-0.3, -0.25) is 0 Å². The summed E-state index contributed by atoms with van der Waals surface area (Å²) >= 11 is 6.20. The molecule has 0 amide bonds. The molecular formula is C16H17ClF3N3O5S2. The Labute approximate surface area is 176 Å². The highest BCUT2D eigenvalue weighted by molar-refractivity contribution is 7.87. The van der Waals surface area contributed by atoms with Crippen LogP contribution in [-0.2, 0) is 27.4 Å². The van der Waals surface area contributed by atoms with Crippen LogP contribution in [0.4, 0.5) is 13.2 Å². The molecule has 0 atom stereocenters. The Balaban J connectivity index is 0.000000343. The van der Waals surface area contributed by atoms with Gasteiger partial charge in [-0.2, -0.15) is 25.9 Å². The van der Waals surface area contributed by atoms with Crippen molar-refractivity contribution in [3.8, 4) is 0 Å². The van der Waals surface area contributed by atoms with Gasteiger partial charge in [0.15, 0.2) is 10.1 Å². The van der Waals surface area contributed by atoms with Crippen molar-refractivity contribution in [2.75, 3.05) is 13.1 Å². The van der Waals surface area contributed by atoms with Crippen molar-refractivity contribution in [2.45, 2.75) is 11.9 Å². The molecule has 166 valence electrons. The maximum absolute atomic E-state index is 12.5. The zero-order valence-electron chi connectivity index (χ0n) is 15.5. The Morgan fingerprint density at radius 1 is 1.17 bits per heavy atom. The summed E-state index contributed by atoms with van der Waals surface area (Å²) in [7, 11) is -7.81. The van der Waals surface area contributed by atoms with Crippen molar-refractivity contribution in [1.82, 2.24) is 8.28 Å². The highest BCUT2D eigenvalue weighted by atomic mass is 35.5. The van der Waals surface area contributed by atoms with Crippen LogP contribution in [0, 0.1) is 0 Å². The number of aromatic nitrogens is 2.